The fourth-order valence-electron chi connectivity index (χ4n) is 5.43. The molecule has 9 nitrogen and oxygen atoms in total. The second-order valence-electron chi connectivity index (χ2n) is 10.1. The molecule has 3 heterocycles. The van der Waals surface area contributed by atoms with E-state index in [1.807, 2.05) is 0 Å². The summed E-state index contributed by atoms with van der Waals surface area (Å²) in [5.74, 6) is -0.0412. The number of likely N-dealkylation sites (tertiary alicyclic amines) is 2. The van der Waals surface area contributed by atoms with Gasteiger partial charge in [-0.3, -0.25) is 14.4 Å². The third kappa shape index (κ3) is 8.02. The van der Waals surface area contributed by atoms with Crippen molar-refractivity contribution < 1.29 is 22.8 Å². The summed E-state index contributed by atoms with van der Waals surface area (Å²) in [7, 11) is -3.85. The average molecular weight is 571 g/mol. The maximum Gasteiger partial charge on any atom is 0.242 e. The Balaban J connectivity index is 1.27. The molecule has 0 spiro atoms. The number of sulfonamides is 1. The summed E-state index contributed by atoms with van der Waals surface area (Å²) in [5, 5.41) is 4.03. The molecule has 0 aromatic carbocycles. The van der Waals surface area contributed by atoms with Gasteiger partial charge in [0.15, 0.2) is 0 Å². The number of amides is 3. The van der Waals surface area contributed by atoms with Crippen LogP contribution in [0.25, 0.3) is 6.08 Å². The van der Waals surface area contributed by atoms with E-state index in [2.05, 4.69) is 10.0 Å². The van der Waals surface area contributed by atoms with Gasteiger partial charge in [0.1, 0.15) is 6.04 Å². The molecule has 3 amide bonds. The molecule has 2 N–H and O–H groups in total. The Morgan fingerprint density at radius 2 is 1.84 bits per heavy atom. The summed E-state index contributed by atoms with van der Waals surface area (Å²) in [6.45, 7) is 1.34. The fraction of sp³-hybridized carbons (Fsp3) is 0.640. The number of carbonyl (C=O) groups excluding carboxylic acids is 3. The van der Waals surface area contributed by atoms with E-state index in [0.29, 0.717) is 54.0 Å². The van der Waals surface area contributed by atoms with Crippen LogP contribution < -0.4 is 10.0 Å². The number of nitrogens with zero attached hydrogens (tertiary/aromatic N) is 2. The molecule has 2 unspecified atom stereocenters. The highest BCUT2D eigenvalue weighted by atomic mass is 35.5. The molecular weight excluding hydrogens is 536 g/mol. The first-order valence-corrected chi connectivity index (χ1v) is 15.7. The molecule has 204 valence electrons. The molecule has 37 heavy (non-hydrogen) atoms. The summed E-state index contributed by atoms with van der Waals surface area (Å²) in [5.41, 5.74) is 0. The van der Waals surface area contributed by atoms with Gasteiger partial charge in [-0.2, -0.15) is 4.72 Å². The Bertz CT molecular complexity index is 1120. The SMILES string of the molecule is O=C(CC1CCCC1)NCC1CCCN1C(=O)CN1CCCC(NS(=O)(=O)/C=C/c2ccc(Cl)s2)C1=O. The minimum Gasteiger partial charge on any atom is -0.354 e. The van der Waals surface area contributed by atoms with Crippen molar-refractivity contribution in [2.45, 2.75) is 69.9 Å². The molecule has 1 aliphatic carbocycles. The summed E-state index contributed by atoms with van der Waals surface area (Å²) in [6.07, 6.45) is 9.25. The standard InChI is InChI=1S/C25H35ClN4O5S2/c26-22-10-9-20(36-22)11-14-37(34,35)28-21-8-4-12-29(25(21)33)17-24(32)30-13-3-7-19(30)16-27-23(31)15-18-5-1-2-6-18/h9-11,14,18-19,21,28H,1-8,12-13,15-17H2,(H,27,31)/b14-11+. The molecule has 12 heteroatoms. The van der Waals surface area contributed by atoms with Crippen molar-refractivity contribution in [2.24, 2.45) is 5.92 Å². The van der Waals surface area contributed by atoms with E-state index in [-0.39, 0.29) is 24.4 Å². The Morgan fingerprint density at radius 3 is 2.57 bits per heavy atom. The Hall–Kier alpha value is -1.95. The molecule has 1 saturated carbocycles. The van der Waals surface area contributed by atoms with Gasteiger partial charge in [-0.05, 0) is 62.7 Å². The van der Waals surface area contributed by atoms with Gasteiger partial charge in [0.05, 0.1) is 10.9 Å². The zero-order chi connectivity index (χ0) is 26.4. The van der Waals surface area contributed by atoms with E-state index in [1.54, 1.807) is 17.0 Å². The van der Waals surface area contributed by atoms with Crippen LogP contribution in [0.3, 0.4) is 0 Å². The van der Waals surface area contributed by atoms with Crippen LogP contribution in [0.4, 0.5) is 0 Å². The molecule has 1 aromatic rings. The zero-order valence-electron chi connectivity index (χ0n) is 20.9. The highest BCUT2D eigenvalue weighted by Gasteiger charge is 2.35. The molecular formula is C25H35ClN4O5S2. The molecule has 2 saturated heterocycles. The van der Waals surface area contributed by atoms with Crippen LogP contribution >= 0.6 is 22.9 Å². The average Bonchev–Trinajstić information content (AvgIpc) is 3.61. The van der Waals surface area contributed by atoms with E-state index in [1.165, 1.54) is 35.2 Å². The zero-order valence-corrected chi connectivity index (χ0v) is 23.3. The Morgan fingerprint density at radius 1 is 1.08 bits per heavy atom. The van der Waals surface area contributed by atoms with Gasteiger partial charge in [0.2, 0.25) is 27.7 Å². The molecule has 0 bridgehead atoms. The van der Waals surface area contributed by atoms with E-state index in [4.69, 9.17) is 11.6 Å². The predicted molar refractivity (Wildman–Crippen MR) is 144 cm³/mol. The number of halogens is 1. The third-order valence-corrected chi connectivity index (χ3v) is 9.65. The number of hydrogen-bond donors (Lipinski definition) is 2. The van der Waals surface area contributed by atoms with Crippen LogP contribution in [-0.2, 0) is 24.4 Å². The normalized spacial score (nSPS) is 23.3. The first-order valence-electron chi connectivity index (χ1n) is 13.0. The lowest BCUT2D eigenvalue weighted by Gasteiger charge is -2.34. The van der Waals surface area contributed by atoms with Crippen molar-refractivity contribution in [3.8, 4) is 0 Å². The van der Waals surface area contributed by atoms with Crippen LogP contribution in [0, 0.1) is 5.92 Å². The number of piperidine rings is 1. The predicted octanol–water partition coefficient (Wildman–Crippen LogP) is 2.97. The number of thiophene rings is 1. The van der Waals surface area contributed by atoms with Crippen LogP contribution in [0.2, 0.25) is 4.34 Å². The van der Waals surface area contributed by atoms with Gasteiger partial charge in [-0.15, -0.1) is 11.3 Å². The lowest BCUT2D eigenvalue weighted by molar-refractivity contribution is -0.143. The van der Waals surface area contributed by atoms with Crippen molar-refractivity contribution in [2.75, 3.05) is 26.2 Å². The molecule has 1 aromatic heterocycles. The minimum absolute atomic E-state index is 0.0451. The van der Waals surface area contributed by atoms with Gasteiger partial charge < -0.3 is 15.1 Å². The van der Waals surface area contributed by atoms with E-state index < -0.39 is 22.0 Å². The maximum atomic E-state index is 13.1. The first kappa shape index (κ1) is 28.1. The van der Waals surface area contributed by atoms with Gasteiger partial charge in [0.25, 0.3) is 0 Å². The Labute approximate surface area is 227 Å². The minimum atomic E-state index is -3.85. The number of rotatable bonds is 10. The van der Waals surface area contributed by atoms with Crippen molar-refractivity contribution >= 4 is 56.8 Å². The van der Waals surface area contributed by atoms with Gasteiger partial charge in [-0.1, -0.05) is 24.4 Å². The van der Waals surface area contributed by atoms with Crippen molar-refractivity contribution in [3.63, 3.8) is 0 Å². The highest BCUT2D eigenvalue weighted by Crippen LogP contribution is 2.27. The molecule has 3 aliphatic rings. The van der Waals surface area contributed by atoms with Gasteiger partial charge in [-0.25, -0.2) is 8.42 Å². The molecule has 4 rings (SSSR count). The number of nitrogens with one attached hydrogen (secondary N) is 2. The van der Waals surface area contributed by atoms with Crippen LogP contribution in [-0.4, -0.2) is 74.2 Å². The van der Waals surface area contributed by atoms with E-state index in [0.717, 1.165) is 31.1 Å². The second-order valence-corrected chi connectivity index (χ2v) is 13.4. The van der Waals surface area contributed by atoms with Crippen LogP contribution in [0.1, 0.15) is 62.7 Å². The smallest absolute Gasteiger partial charge is 0.242 e. The van der Waals surface area contributed by atoms with Crippen molar-refractivity contribution in [1.29, 1.82) is 0 Å². The second kappa shape index (κ2) is 12.7. The van der Waals surface area contributed by atoms with Crippen molar-refractivity contribution in [3.05, 3.63) is 26.8 Å². The van der Waals surface area contributed by atoms with Crippen LogP contribution in [0.5, 0.6) is 0 Å². The fourth-order valence-corrected chi connectivity index (χ4v) is 7.50. The topological polar surface area (TPSA) is 116 Å². The lowest BCUT2D eigenvalue weighted by Crippen LogP contribution is -2.55. The highest BCUT2D eigenvalue weighted by molar-refractivity contribution is 7.92. The quantitative estimate of drug-likeness (QED) is 0.449. The molecule has 3 fully saturated rings. The number of carbonyl (C=O) groups is 3. The van der Waals surface area contributed by atoms with E-state index in [9.17, 15) is 22.8 Å². The molecule has 0 radical (unpaired) electrons. The molecule has 2 atom stereocenters. The largest absolute Gasteiger partial charge is 0.354 e. The third-order valence-electron chi connectivity index (χ3n) is 7.35. The first-order chi connectivity index (χ1) is 17.7. The summed E-state index contributed by atoms with van der Waals surface area (Å²) < 4.78 is 28.1. The number of hydrogen-bond acceptors (Lipinski definition) is 6. The van der Waals surface area contributed by atoms with Gasteiger partial charge in [0, 0.05) is 42.4 Å². The van der Waals surface area contributed by atoms with Crippen LogP contribution in [0.15, 0.2) is 17.5 Å². The maximum absolute atomic E-state index is 13.1. The Kier molecular flexibility index (Phi) is 9.66. The summed E-state index contributed by atoms with van der Waals surface area (Å²) in [6, 6.07) is 2.41. The van der Waals surface area contributed by atoms with Gasteiger partial charge >= 0.3 is 0 Å². The lowest BCUT2D eigenvalue weighted by atomic mass is 10.0. The molecule has 2 aliphatic heterocycles. The van der Waals surface area contributed by atoms with E-state index >= 15 is 0 Å². The monoisotopic (exact) mass is 570 g/mol. The summed E-state index contributed by atoms with van der Waals surface area (Å²) in [4.78, 5) is 42.4. The summed E-state index contributed by atoms with van der Waals surface area (Å²) >= 11 is 7.13. The van der Waals surface area contributed by atoms with Crippen molar-refractivity contribution in [1.82, 2.24) is 19.8 Å².